The molecule has 2 aromatic rings. The number of halogens is 2. The molecule has 0 spiro atoms. The van der Waals surface area contributed by atoms with Gasteiger partial charge < -0.3 is 5.11 Å². The van der Waals surface area contributed by atoms with Crippen molar-refractivity contribution in [3.63, 3.8) is 0 Å². The van der Waals surface area contributed by atoms with Crippen LogP contribution in [0.15, 0.2) is 42.3 Å². The number of nitrogens with zero attached hydrogens (tertiary/aromatic N) is 2. The van der Waals surface area contributed by atoms with Gasteiger partial charge in [0.25, 0.3) is 5.56 Å². The molecule has 114 valence electrons. The summed E-state index contributed by atoms with van der Waals surface area (Å²) >= 11 is 5.72. The summed E-state index contributed by atoms with van der Waals surface area (Å²) in [5.41, 5.74) is -0.419. The standard InChI is InChI=1S/C16H14ClFN2O2/c1-3-5-6-11-7-12(21)8-13(22)20(11)15-10(4-2)9-19-16(17)14(15)18/h3-4,7-9,21H,1-2,5-6H2/i7D. The summed E-state index contributed by atoms with van der Waals surface area (Å²) in [5.74, 6) is -1.36. The van der Waals surface area contributed by atoms with E-state index in [0.29, 0.717) is 6.42 Å². The first-order chi connectivity index (χ1) is 10.9. The van der Waals surface area contributed by atoms with Crippen LogP contribution >= 0.6 is 11.6 Å². The third-order valence-corrected chi connectivity index (χ3v) is 3.29. The van der Waals surface area contributed by atoms with Crippen LogP contribution < -0.4 is 5.56 Å². The molecule has 4 nitrogen and oxygen atoms in total. The van der Waals surface area contributed by atoms with Crippen LogP contribution in [0.25, 0.3) is 11.8 Å². The lowest BCUT2D eigenvalue weighted by Crippen LogP contribution is -2.23. The molecule has 0 aliphatic rings. The molecule has 2 heterocycles. The Morgan fingerprint density at radius 1 is 1.55 bits per heavy atom. The molecule has 0 saturated carbocycles. The topological polar surface area (TPSA) is 55.1 Å². The van der Waals surface area contributed by atoms with Crippen molar-refractivity contribution in [1.29, 1.82) is 0 Å². The van der Waals surface area contributed by atoms with Gasteiger partial charge in [0.1, 0.15) is 5.75 Å². The molecular weight excluding hydrogens is 307 g/mol. The van der Waals surface area contributed by atoms with Crippen molar-refractivity contribution < 1.29 is 10.9 Å². The van der Waals surface area contributed by atoms with Crippen molar-refractivity contribution in [2.75, 3.05) is 0 Å². The fourth-order valence-corrected chi connectivity index (χ4v) is 2.20. The molecule has 0 aromatic carbocycles. The Balaban J connectivity index is 2.91. The molecule has 0 bridgehead atoms. The van der Waals surface area contributed by atoms with E-state index in [-0.39, 0.29) is 29.4 Å². The largest absolute Gasteiger partial charge is 0.508 e. The van der Waals surface area contributed by atoms with Gasteiger partial charge in [0, 0.05) is 29.6 Å². The Morgan fingerprint density at radius 3 is 2.91 bits per heavy atom. The van der Waals surface area contributed by atoms with E-state index in [1.807, 2.05) is 0 Å². The number of hydrogen-bond acceptors (Lipinski definition) is 3. The van der Waals surface area contributed by atoms with Crippen LogP contribution in [0.3, 0.4) is 0 Å². The van der Waals surface area contributed by atoms with E-state index in [1.165, 1.54) is 12.3 Å². The highest BCUT2D eigenvalue weighted by Crippen LogP contribution is 2.25. The molecule has 0 aliphatic carbocycles. The van der Waals surface area contributed by atoms with Crippen LogP contribution in [0.2, 0.25) is 5.15 Å². The summed E-state index contributed by atoms with van der Waals surface area (Å²) in [6, 6.07) is 0.606. The van der Waals surface area contributed by atoms with Gasteiger partial charge in [-0.3, -0.25) is 9.36 Å². The van der Waals surface area contributed by atoms with Crippen LogP contribution in [0, 0.1) is 5.82 Å². The maximum absolute atomic E-state index is 14.5. The summed E-state index contributed by atoms with van der Waals surface area (Å²) in [6.45, 7) is 7.16. The molecule has 2 aromatic heterocycles. The second-order valence-electron chi connectivity index (χ2n) is 4.47. The number of rotatable bonds is 5. The minimum Gasteiger partial charge on any atom is -0.508 e. The van der Waals surface area contributed by atoms with E-state index >= 15 is 0 Å². The van der Waals surface area contributed by atoms with E-state index in [9.17, 15) is 14.3 Å². The first-order valence-corrected chi connectivity index (χ1v) is 6.82. The summed E-state index contributed by atoms with van der Waals surface area (Å²) in [7, 11) is 0. The molecule has 0 radical (unpaired) electrons. The highest BCUT2D eigenvalue weighted by molar-refractivity contribution is 6.29. The van der Waals surface area contributed by atoms with Gasteiger partial charge in [0.15, 0.2) is 11.0 Å². The Morgan fingerprint density at radius 2 is 2.27 bits per heavy atom. The molecular formula is C16H14ClFN2O2. The van der Waals surface area contributed by atoms with Gasteiger partial charge in [-0.1, -0.05) is 30.3 Å². The SMILES string of the molecule is [2H]c1c(O)cc(=O)n(-c2c(C=C)cnc(Cl)c2F)c1CCC=C. The maximum atomic E-state index is 14.5. The Labute approximate surface area is 133 Å². The van der Waals surface area contributed by atoms with Crippen LogP contribution in [0.4, 0.5) is 4.39 Å². The zero-order valence-corrected chi connectivity index (χ0v) is 12.4. The first-order valence-electron chi connectivity index (χ1n) is 6.94. The molecule has 22 heavy (non-hydrogen) atoms. The summed E-state index contributed by atoms with van der Waals surface area (Å²) < 4.78 is 23.5. The van der Waals surface area contributed by atoms with Crippen molar-refractivity contribution in [3.8, 4) is 11.4 Å². The number of allylic oxidation sites excluding steroid dienone is 1. The van der Waals surface area contributed by atoms with E-state index in [2.05, 4.69) is 18.1 Å². The number of aromatic hydroxyl groups is 1. The van der Waals surface area contributed by atoms with Crippen LogP contribution in [-0.2, 0) is 6.42 Å². The Hall–Kier alpha value is -2.40. The zero-order valence-electron chi connectivity index (χ0n) is 12.6. The molecule has 6 heteroatoms. The van der Waals surface area contributed by atoms with Gasteiger partial charge in [-0.15, -0.1) is 6.58 Å². The van der Waals surface area contributed by atoms with Crippen molar-refractivity contribution >= 4 is 17.7 Å². The lowest BCUT2D eigenvalue weighted by Gasteiger charge is -2.16. The molecule has 0 fully saturated rings. The van der Waals surface area contributed by atoms with E-state index < -0.39 is 22.3 Å². The number of pyridine rings is 2. The van der Waals surface area contributed by atoms with Gasteiger partial charge in [-0.2, -0.15) is 0 Å². The van der Waals surface area contributed by atoms with Gasteiger partial charge in [-0.25, -0.2) is 9.37 Å². The zero-order chi connectivity index (χ0) is 17.1. The summed E-state index contributed by atoms with van der Waals surface area (Å²) in [6.07, 6.45) is 4.89. The molecule has 0 amide bonds. The van der Waals surface area contributed by atoms with E-state index in [1.54, 1.807) is 6.08 Å². The van der Waals surface area contributed by atoms with Gasteiger partial charge in [0.05, 0.1) is 7.06 Å². The lowest BCUT2D eigenvalue weighted by molar-refractivity contribution is 0.471. The second-order valence-corrected chi connectivity index (χ2v) is 4.83. The average molecular weight is 322 g/mol. The normalized spacial score (nSPS) is 11.1. The van der Waals surface area contributed by atoms with Gasteiger partial charge in [0.2, 0.25) is 0 Å². The van der Waals surface area contributed by atoms with Crippen molar-refractivity contribution in [2.24, 2.45) is 0 Å². The predicted molar refractivity (Wildman–Crippen MR) is 85.1 cm³/mol. The highest BCUT2D eigenvalue weighted by Gasteiger charge is 2.18. The molecule has 0 unspecified atom stereocenters. The Kier molecular flexibility index (Phi) is 4.34. The minimum absolute atomic E-state index is 0.141. The van der Waals surface area contributed by atoms with Crippen LogP contribution in [0.5, 0.6) is 5.75 Å². The van der Waals surface area contributed by atoms with Crippen LogP contribution in [-0.4, -0.2) is 14.7 Å². The second kappa shape index (κ2) is 6.58. The van der Waals surface area contributed by atoms with Crippen LogP contribution in [0.1, 0.15) is 19.0 Å². The van der Waals surface area contributed by atoms with Crippen molar-refractivity contribution in [3.05, 3.63) is 70.1 Å². The van der Waals surface area contributed by atoms with Gasteiger partial charge >= 0.3 is 0 Å². The molecule has 0 saturated heterocycles. The highest BCUT2D eigenvalue weighted by atomic mass is 35.5. The third kappa shape index (κ3) is 2.94. The number of hydrogen-bond donors (Lipinski definition) is 1. The maximum Gasteiger partial charge on any atom is 0.259 e. The molecule has 2 rings (SSSR count). The smallest absolute Gasteiger partial charge is 0.259 e. The third-order valence-electron chi connectivity index (χ3n) is 3.03. The fraction of sp³-hybridized carbons (Fsp3) is 0.125. The monoisotopic (exact) mass is 321 g/mol. The number of aromatic nitrogens is 2. The molecule has 0 aliphatic heterocycles. The van der Waals surface area contributed by atoms with E-state index in [4.69, 9.17) is 13.0 Å². The predicted octanol–water partition coefficient (Wildman–Crippen LogP) is 3.49. The average Bonchev–Trinajstić information content (AvgIpc) is 2.52. The summed E-state index contributed by atoms with van der Waals surface area (Å²) in [5, 5.41) is 9.33. The molecule has 0 atom stereocenters. The van der Waals surface area contributed by atoms with Crippen molar-refractivity contribution in [1.82, 2.24) is 9.55 Å². The van der Waals surface area contributed by atoms with Gasteiger partial charge in [-0.05, 0) is 12.8 Å². The lowest BCUT2D eigenvalue weighted by atomic mass is 10.1. The minimum atomic E-state index is -0.892. The quantitative estimate of drug-likeness (QED) is 0.677. The summed E-state index contributed by atoms with van der Waals surface area (Å²) in [4.78, 5) is 16.0. The fourth-order valence-electron chi connectivity index (χ4n) is 2.06. The van der Waals surface area contributed by atoms with Crippen molar-refractivity contribution in [2.45, 2.75) is 12.8 Å². The van der Waals surface area contributed by atoms with E-state index in [0.717, 1.165) is 10.6 Å². The first kappa shape index (κ1) is 14.5. The Bertz CT molecular complexity index is 849. The molecule has 1 N–H and O–H groups in total.